The quantitative estimate of drug-likeness (QED) is 0.873. The predicted molar refractivity (Wildman–Crippen MR) is 68.1 cm³/mol. The van der Waals surface area contributed by atoms with Crippen LogP contribution in [0.15, 0.2) is 18.2 Å². The fraction of sp³-hybridized carbons (Fsp3) is 0.571. The zero-order chi connectivity index (χ0) is 12.8. The van der Waals surface area contributed by atoms with Crippen LogP contribution >= 0.6 is 0 Å². The van der Waals surface area contributed by atoms with Crippen LogP contribution in [-0.2, 0) is 6.61 Å². The number of likely N-dealkylation sites (tertiary alicyclic amines) is 1. The molecule has 1 saturated heterocycles. The van der Waals surface area contributed by atoms with Gasteiger partial charge in [-0.3, -0.25) is 4.90 Å². The van der Waals surface area contributed by atoms with Gasteiger partial charge in [0.1, 0.15) is 18.2 Å². The molecule has 100 valence electrons. The van der Waals surface area contributed by atoms with Gasteiger partial charge in [0.05, 0.1) is 6.61 Å². The molecular formula is C14H20FNO2. The van der Waals surface area contributed by atoms with Crippen molar-refractivity contribution in [3.05, 3.63) is 29.6 Å². The highest BCUT2D eigenvalue weighted by atomic mass is 19.1. The van der Waals surface area contributed by atoms with E-state index >= 15 is 0 Å². The molecule has 1 N–H and O–H groups in total. The Hall–Kier alpha value is -1.13. The maximum Gasteiger partial charge on any atom is 0.127 e. The Kier molecular flexibility index (Phi) is 4.96. The maximum atomic E-state index is 13.2. The van der Waals surface area contributed by atoms with Crippen molar-refractivity contribution in [1.82, 2.24) is 4.90 Å². The smallest absolute Gasteiger partial charge is 0.127 e. The van der Waals surface area contributed by atoms with Crippen LogP contribution in [0.3, 0.4) is 0 Å². The van der Waals surface area contributed by atoms with Gasteiger partial charge in [-0.15, -0.1) is 0 Å². The van der Waals surface area contributed by atoms with Gasteiger partial charge < -0.3 is 9.84 Å². The molecule has 0 unspecified atom stereocenters. The van der Waals surface area contributed by atoms with E-state index in [2.05, 4.69) is 4.90 Å². The Balaban J connectivity index is 1.80. The Morgan fingerprint density at radius 2 is 1.94 bits per heavy atom. The summed E-state index contributed by atoms with van der Waals surface area (Å²) in [5.41, 5.74) is 0.544. The lowest BCUT2D eigenvalue weighted by molar-refractivity contribution is 0.183. The summed E-state index contributed by atoms with van der Waals surface area (Å²) in [4.78, 5) is 2.37. The molecule has 1 fully saturated rings. The predicted octanol–water partition coefficient (Wildman–Crippen LogP) is 2.18. The summed E-state index contributed by atoms with van der Waals surface area (Å²) in [7, 11) is 0. The van der Waals surface area contributed by atoms with Crippen molar-refractivity contribution < 1.29 is 14.2 Å². The summed E-state index contributed by atoms with van der Waals surface area (Å²) in [6, 6.07) is 4.35. The molecule has 0 atom stereocenters. The number of rotatable bonds is 5. The van der Waals surface area contributed by atoms with E-state index in [0.29, 0.717) is 17.9 Å². The van der Waals surface area contributed by atoms with Crippen molar-refractivity contribution in [2.24, 2.45) is 0 Å². The van der Waals surface area contributed by atoms with Gasteiger partial charge in [0.2, 0.25) is 0 Å². The Labute approximate surface area is 107 Å². The van der Waals surface area contributed by atoms with E-state index in [1.807, 2.05) is 0 Å². The number of aliphatic hydroxyl groups excluding tert-OH is 1. The van der Waals surface area contributed by atoms with E-state index in [1.54, 1.807) is 6.07 Å². The molecule has 0 amide bonds. The third-order valence-electron chi connectivity index (χ3n) is 3.24. The second-order valence-electron chi connectivity index (χ2n) is 4.70. The minimum Gasteiger partial charge on any atom is -0.492 e. The van der Waals surface area contributed by atoms with Crippen LogP contribution in [0.2, 0.25) is 0 Å². The molecule has 0 saturated carbocycles. The number of hydrogen-bond acceptors (Lipinski definition) is 3. The van der Waals surface area contributed by atoms with Crippen LogP contribution in [0.5, 0.6) is 5.75 Å². The van der Waals surface area contributed by atoms with E-state index in [9.17, 15) is 4.39 Å². The first-order valence-corrected chi connectivity index (χ1v) is 6.53. The fourth-order valence-electron chi connectivity index (χ4n) is 2.27. The Morgan fingerprint density at radius 3 is 2.67 bits per heavy atom. The van der Waals surface area contributed by atoms with Crippen molar-refractivity contribution in [2.75, 3.05) is 26.2 Å². The third-order valence-corrected chi connectivity index (χ3v) is 3.24. The second kappa shape index (κ2) is 6.71. The molecule has 0 aliphatic carbocycles. The number of benzene rings is 1. The lowest BCUT2D eigenvalue weighted by Gasteiger charge is -2.26. The highest BCUT2D eigenvalue weighted by Gasteiger charge is 2.09. The van der Waals surface area contributed by atoms with E-state index < -0.39 is 0 Å². The zero-order valence-electron chi connectivity index (χ0n) is 10.6. The van der Waals surface area contributed by atoms with Gasteiger partial charge in [-0.1, -0.05) is 6.42 Å². The number of piperidine rings is 1. The molecule has 1 aliphatic heterocycles. The minimum absolute atomic E-state index is 0.166. The zero-order valence-corrected chi connectivity index (χ0v) is 10.6. The van der Waals surface area contributed by atoms with Crippen molar-refractivity contribution in [3.8, 4) is 5.75 Å². The topological polar surface area (TPSA) is 32.7 Å². The minimum atomic E-state index is -0.366. The van der Waals surface area contributed by atoms with Crippen LogP contribution in [-0.4, -0.2) is 36.2 Å². The van der Waals surface area contributed by atoms with Crippen molar-refractivity contribution in [3.63, 3.8) is 0 Å². The summed E-state index contributed by atoms with van der Waals surface area (Å²) in [5.74, 6) is 0.130. The number of aliphatic hydroxyl groups is 1. The van der Waals surface area contributed by atoms with Crippen LogP contribution in [0.1, 0.15) is 24.8 Å². The molecule has 0 radical (unpaired) electrons. The molecule has 1 aromatic carbocycles. The van der Waals surface area contributed by atoms with Gasteiger partial charge in [0, 0.05) is 12.6 Å². The molecule has 2 rings (SSSR count). The highest BCUT2D eigenvalue weighted by Crippen LogP contribution is 2.16. The van der Waals surface area contributed by atoms with Crippen molar-refractivity contribution >= 4 is 0 Å². The molecule has 0 aromatic heterocycles. The normalized spacial score (nSPS) is 16.8. The largest absolute Gasteiger partial charge is 0.492 e. The van der Waals surface area contributed by atoms with Crippen molar-refractivity contribution in [2.45, 2.75) is 25.9 Å². The third kappa shape index (κ3) is 3.96. The number of hydrogen-bond donors (Lipinski definition) is 1. The molecule has 0 bridgehead atoms. The lowest BCUT2D eigenvalue weighted by Crippen LogP contribution is -2.33. The molecule has 18 heavy (non-hydrogen) atoms. The lowest BCUT2D eigenvalue weighted by atomic mass is 10.1. The van der Waals surface area contributed by atoms with Crippen molar-refractivity contribution in [1.29, 1.82) is 0 Å². The summed E-state index contributed by atoms with van der Waals surface area (Å²) in [6.07, 6.45) is 3.84. The van der Waals surface area contributed by atoms with E-state index in [4.69, 9.17) is 9.84 Å². The molecular weight excluding hydrogens is 233 g/mol. The molecule has 1 aromatic rings. The first kappa shape index (κ1) is 13.3. The average Bonchev–Trinajstić information content (AvgIpc) is 2.39. The van der Waals surface area contributed by atoms with Gasteiger partial charge in [0.25, 0.3) is 0 Å². The Bertz CT molecular complexity index is 378. The van der Waals surface area contributed by atoms with Gasteiger partial charge in [-0.05, 0) is 43.6 Å². The van der Waals surface area contributed by atoms with Gasteiger partial charge >= 0.3 is 0 Å². The van der Waals surface area contributed by atoms with E-state index in [1.165, 1.54) is 31.4 Å². The summed E-state index contributed by atoms with van der Waals surface area (Å²) in [6.45, 7) is 3.54. The second-order valence-corrected chi connectivity index (χ2v) is 4.70. The van der Waals surface area contributed by atoms with E-state index in [-0.39, 0.29) is 12.4 Å². The van der Waals surface area contributed by atoms with E-state index in [0.717, 1.165) is 19.6 Å². The molecule has 0 spiro atoms. The van der Waals surface area contributed by atoms with Gasteiger partial charge in [-0.2, -0.15) is 0 Å². The summed E-state index contributed by atoms with van der Waals surface area (Å²) in [5, 5.41) is 8.99. The number of nitrogens with zero attached hydrogens (tertiary/aromatic N) is 1. The molecule has 3 nitrogen and oxygen atoms in total. The monoisotopic (exact) mass is 253 g/mol. The van der Waals surface area contributed by atoms with Crippen LogP contribution in [0, 0.1) is 5.82 Å². The summed E-state index contributed by atoms with van der Waals surface area (Å²) < 4.78 is 18.7. The van der Waals surface area contributed by atoms with Crippen LogP contribution in [0.25, 0.3) is 0 Å². The highest BCUT2D eigenvalue weighted by molar-refractivity contribution is 5.29. The average molecular weight is 253 g/mol. The first-order valence-electron chi connectivity index (χ1n) is 6.53. The summed E-state index contributed by atoms with van der Waals surface area (Å²) >= 11 is 0. The first-order chi connectivity index (χ1) is 8.78. The van der Waals surface area contributed by atoms with Gasteiger partial charge in [-0.25, -0.2) is 4.39 Å². The molecule has 4 heteroatoms. The Morgan fingerprint density at radius 1 is 1.17 bits per heavy atom. The van der Waals surface area contributed by atoms with Crippen LogP contribution < -0.4 is 4.74 Å². The molecule has 1 aliphatic rings. The number of ether oxygens (including phenoxy) is 1. The SMILES string of the molecule is OCc1cc(F)cc(OCCN2CCCCC2)c1. The molecule has 1 heterocycles. The standard InChI is InChI=1S/C14H20FNO2/c15-13-8-12(11-17)9-14(10-13)18-7-6-16-4-2-1-3-5-16/h8-10,17H,1-7,11H2. The number of halogens is 1. The van der Waals surface area contributed by atoms with Gasteiger partial charge in [0.15, 0.2) is 0 Å². The van der Waals surface area contributed by atoms with Crippen LogP contribution in [0.4, 0.5) is 4.39 Å². The fourth-order valence-corrected chi connectivity index (χ4v) is 2.27. The maximum absolute atomic E-state index is 13.2.